The van der Waals surface area contributed by atoms with Crippen LogP contribution in [0.4, 0.5) is 0 Å². The molecule has 1 aliphatic heterocycles. The average Bonchev–Trinajstić information content (AvgIpc) is 2.97. The van der Waals surface area contributed by atoms with Crippen molar-refractivity contribution in [3.05, 3.63) is 71.3 Å². The van der Waals surface area contributed by atoms with Gasteiger partial charge in [0.15, 0.2) is 0 Å². The minimum Gasteiger partial charge on any atom is -0.310 e. The zero-order chi connectivity index (χ0) is 16.7. The van der Waals surface area contributed by atoms with Crippen LogP contribution in [-0.2, 0) is 0 Å². The van der Waals surface area contributed by atoms with E-state index in [1.54, 1.807) is 5.56 Å². The van der Waals surface area contributed by atoms with Gasteiger partial charge in [-0.25, -0.2) is 0 Å². The first-order chi connectivity index (χ1) is 11.6. The molecule has 1 N–H and O–H groups in total. The molecule has 2 aliphatic rings. The van der Waals surface area contributed by atoms with E-state index in [0.29, 0.717) is 17.9 Å². The van der Waals surface area contributed by atoms with Crippen molar-refractivity contribution in [2.24, 2.45) is 0 Å². The molecule has 1 saturated heterocycles. The Kier molecular flexibility index (Phi) is 3.98. The predicted molar refractivity (Wildman–Crippen MR) is 101 cm³/mol. The molecule has 3 atom stereocenters. The molecule has 3 unspecified atom stereocenters. The summed E-state index contributed by atoms with van der Waals surface area (Å²) in [5.74, 6) is 1.10. The third-order valence-electron chi connectivity index (χ3n) is 6.42. The van der Waals surface area contributed by atoms with Gasteiger partial charge in [0, 0.05) is 36.5 Å². The minimum absolute atomic E-state index is 0.168. The van der Waals surface area contributed by atoms with E-state index in [1.807, 2.05) is 0 Å². The summed E-state index contributed by atoms with van der Waals surface area (Å²) in [5, 5.41) is 3.85. The van der Waals surface area contributed by atoms with Gasteiger partial charge in [0.25, 0.3) is 0 Å². The van der Waals surface area contributed by atoms with Crippen LogP contribution in [0.2, 0.25) is 0 Å². The van der Waals surface area contributed by atoms with Crippen molar-refractivity contribution >= 4 is 0 Å². The number of hydrogen-bond donors (Lipinski definition) is 1. The van der Waals surface area contributed by atoms with E-state index in [-0.39, 0.29) is 5.54 Å². The summed E-state index contributed by atoms with van der Waals surface area (Å²) in [7, 11) is 2.27. The Balaban J connectivity index is 1.73. The van der Waals surface area contributed by atoms with E-state index in [2.05, 4.69) is 85.7 Å². The Bertz CT molecular complexity index is 707. The number of piperazine rings is 1. The van der Waals surface area contributed by atoms with Crippen molar-refractivity contribution in [2.75, 3.05) is 20.1 Å². The zero-order valence-electron chi connectivity index (χ0n) is 15.0. The van der Waals surface area contributed by atoms with Crippen LogP contribution in [0.3, 0.4) is 0 Å². The number of nitrogens with one attached hydrogen (secondary N) is 1. The highest BCUT2D eigenvalue weighted by Crippen LogP contribution is 2.49. The lowest BCUT2D eigenvalue weighted by atomic mass is 9.78. The van der Waals surface area contributed by atoms with Gasteiger partial charge < -0.3 is 5.32 Å². The molecule has 0 aromatic heterocycles. The zero-order valence-corrected chi connectivity index (χ0v) is 15.0. The van der Waals surface area contributed by atoms with Crippen LogP contribution in [0.5, 0.6) is 0 Å². The standard InChI is InChI=1S/C22H28N2/c1-22(2)21(23-13-14-24(22)3)20-15-19(16-9-5-4-6-10-16)17-11-7-8-12-18(17)20/h4-12,19-21,23H,13-15H2,1-3H3. The van der Waals surface area contributed by atoms with Gasteiger partial charge in [0.05, 0.1) is 0 Å². The first-order valence-electron chi connectivity index (χ1n) is 9.17. The SMILES string of the molecule is CN1CCNC(C2CC(c3ccccc3)c3ccccc32)C1(C)C. The van der Waals surface area contributed by atoms with Crippen LogP contribution >= 0.6 is 0 Å². The fraction of sp³-hybridized carbons (Fsp3) is 0.455. The summed E-state index contributed by atoms with van der Waals surface area (Å²) in [6.07, 6.45) is 1.21. The second kappa shape index (κ2) is 6.02. The van der Waals surface area contributed by atoms with E-state index < -0.39 is 0 Å². The maximum atomic E-state index is 3.85. The average molecular weight is 320 g/mol. The molecule has 0 spiro atoms. The molecule has 2 nitrogen and oxygen atoms in total. The number of likely N-dealkylation sites (N-methyl/N-ethyl adjacent to an activating group) is 1. The van der Waals surface area contributed by atoms with Crippen molar-refractivity contribution in [2.45, 2.75) is 43.7 Å². The van der Waals surface area contributed by atoms with Crippen LogP contribution in [0.1, 0.15) is 48.8 Å². The van der Waals surface area contributed by atoms with Gasteiger partial charge in [0.1, 0.15) is 0 Å². The highest BCUT2D eigenvalue weighted by atomic mass is 15.2. The molecule has 0 amide bonds. The maximum absolute atomic E-state index is 3.85. The summed E-state index contributed by atoms with van der Waals surface area (Å²) in [6.45, 7) is 6.99. The lowest BCUT2D eigenvalue weighted by molar-refractivity contribution is 0.0609. The Morgan fingerprint density at radius 3 is 2.38 bits per heavy atom. The monoisotopic (exact) mass is 320 g/mol. The molecule has 1 fully saturated rings. The summed E-state index contributed by atoms with van der Waals surface area (Å²) in [4.78, 5) is 2.52. The number of hydrogen-bond acceptors (Lipinski definition) is 2. The van der Waals surface area contributed by atoms with E-state index in [4.69, 9.17) is 0 Å². The molecule has 2 aromatic rings. The molecule has 4 rings (SSSR count). The van der Waals surface area contributed by atoms with Gasteiger partial charge in [-0.1, -0.05) is 54.6 Å². The van der Waals surface area contributed by atoms with E-state index in [9.17, 15) is 0 Å². The number of benzene rings is 2. The Morgan fingerprint density at radius 1 is 0.958 bits per heavy atom. The van der Waals surface area contributed by atoms with Crippen LogP contribution in [0, 0.1) is 0 Å². The molecule has 2 heteroatoms. The quantitative estimate of drug-likeness (QED) is 0.900. The minimum atomic E-state index is 0.168. The maximum Gasteiger partial charge on any atom is 0.0316 e. The topological polar surface area (TPSA) is 15.3 Å². The predicted octanol–water partition coefficient (Wildman–Crippen LogP) is 3.99. The summed E-state index contributed by atoms with van der Waals surface area (Å²) >= 11 is 0. The van der Waals surface area contributed by atoms with Crippen LogP contribution in [-0.4, -0.2) is 36.6 Å². The van der Waals surface area contributed by atoms with Crippen LogP contribution < -0.4 is 5.32 Å². The Hall–Kier alpha value is -1.64. The third kappa shape index (κ3) is 2.49. The summed E-state index contributed by atoms with van der Waals surface area (Å²) < 4.78 is 0. The van der Waals surface area contributed by atoms with E-state index >= 15 is 0 Å². The van der Waals surface area contributed by atoms with Crippen molar-refractivity contribution in [3.8, 4) is 0 Å². The van der Waals surface area contributed by atoms with Gasteiger partial charge in [-0.05, 0) is 44.0 Å². The highest BCUT2D eigenvalue weighted by molar-refractivity contribution is 5.46. The van der Waals surface area contributed by atoms with Gasteiger partial charge >= 0.3 is 0 Å². The van der Waals surface area contributed by atoms with Crippen molar-refractivity contribution in [3.63, 3.8) is 0 Å². The Morgan fingerprint density at radius 2 is 1.62 bits per heavy atom. The van der Waals surface area contributed by atoms with Crippen LogP contribution in [0.25, 0.3) is 0 Å². The van der Waals surface area contributed by atoms with Gasteiger partial charge in [-0.15, -0.1) is 0 Å². The molecule has 0 saturated carbocycles. The molecule has 1 aliphatic carbocycles. The Labute approximate surface area is 145 Å². The van der Waals surface area contributed by atoms with Gasteiger partial charge in [-0.2, -0.15) is 0 Å². The number of fused-ring (bicyclic) bond motifs is 1. The van der Waals surface area contributed by atoms with E-state index in [1.165, 1.54) is 17.5 Å². The molecule has 0 bridgehead atoms. The van der Waals surface area contributed by atoms with Crippen LogP contribution in [0.15, 0.2) is 54.6 Å². The number of rotatable bonds is 2. The first-order valence-corrected chi connectivity index (χ1v) is 9.17. The molecule has 24 heavy (non-hydrogen) atoms. The first kappa shape index (κ1) is 15.9. The van der Waals surface area contributed by atoms with Crippen molar-refractivity contribution in [1.29, 1.82) is 0 Å². The lowest BCUT2D eigenvalue weighted by Gasteiger charge is -2.49. The lowest BCUT2D eigenvalue weighted by Crippen LogP contribution is -2.64. The smallest absolute Gasteiger partial charge is 0.0316 e. The second-order valence-corrected chi connectivity index (χ2v) is 7.94. The molecule has 0 radical (unpaired) electrons. The fourth-order valence-electron chi connectivity index (χ4n) is 4.79. The molecular weight excluding hydrogens is 292 g/mol. The van der Waals surface area contributed by atoms with Gasteiger partial charge in [-0.3, -0.25) is 4.90 Å². The number of nitrogens with zero attached hydrogens (tertiary/aromatic N) is 1. The molecule has 1 heterocycles. The van der Waals surface area contributed by atoms with Gasteiger partial charge in [0.2, 0.25) is 0 Å². The summed E-state index contributed by atoms with van der Waals surface area (Å²) in [5.41, 5.74) is 4.70. The third-order valence-corrected chi connectivity index (χ3v) is 6.42. The molecule has 126 valence electrons. The van der Waals surface area contributed by atoms with Crippen molar-refractivity contribution in [1.82, 2.24) is 10.2 Å². The highest BCUT2D eigenvalue weighted by Gasteiger charge is 2.45. The molecule has 2 aromatic carbocycles. The largest absolute Gasteiger partial charge is 0.310 e. The van der Waals surface area contributed by atoms with E-state index in [0.717, 1.165) is 13.1 Å². The fourth-order valence-corrected chi connectivity index (χ4v) is 4.79. The molecular formula is C22H28N2. The van der Waals surface area contributed by atoms with Crippen molar-refractivity contribution < 1.29 is 0 Å². The second-order valence-electron chi connectivity index (χ2n) is 7.94. The summed E-state index contributed by atoms with van der Waals surface area (Å²) in [6, 6.07) is 20.6. The normalized spacial score (nSPS) is 29.4.